The summed E-state index contributed by atoms with van der Waals surface area (Å²) in [6.45, 7) is 3.79. The normalized spacial score (nSPS) is 11.6. The number of thioether (sulfide) groups is 1. The molecule has 24 heavy (non-hydrogen) atoms. The molecular formula is C18H27N5S. The van der Waals surface area contributed by atoms with Crippen LogP contribution in [0.5, 0.6) is 0 Å². The van der Waals surface area contributed by atoms with Crippen LogP contribution in [0.2, 0.25) is 0 Å². The lowest BCUT2D eigenvalue weighted by atomic mass is 10.1. The molecule has 6 heteroatoms. The molecule has 2 rings (SSSR count). The van der Waals surface area contributed by atoms with Gasteiger partial charge in [0.05, 0.1) is 6.20 Å². The first-order chi connectivity index (χ1) is 11.6. The lowest BCUT2D eigenvalue weighted by Gasteiger charge is -2.14. The molecule has 0 atom stereocenters. The number of nitrogens with zero attached hydrogens (tertiary/aromatic N) is 3. The summed E-state index contributed by atoms with van der Waals surface area (Å²) in [4.78, 5) is 5.61. The summed E-state index contributed by atoms with van der Waals surface area (Å²) in [5.74, 6) is 0.841. The third-order valence-corrected chi connectivity index (χ3v) is 4.63. The first-order valence-corrected chi connectivity index (χ1v) is 9.40. The topological polar surface area (TPSA) is 54.2 Å². The summed E-state index contributed by atoms with van der Waals surface area (Å²) in [6, 6.07) is 6.57. The van der Waals surface area contributed by atoms with Crippen LogP contribution in [0.1, 0.15) is 23.1 Å². The zero-order valence-corrected chi connectivity index (χ0v) is 15.8. The smallest absolute Gasteiger partial charge is 0.191 e. The van der Waals surface area contributed by atoms with E-state index in [1.54, 1.807) is 18.8 Å². The minimum absolute atomic E-state index is 0.777. The van der Waals surface area contributed by atoms with E-state index in [0.29, 0.717) is 0 Å². The van der Waals surface area contributed by atoms with Crippen LogP contribution in [0.4, 0.5) is 0 Å². The molecule has 0 aliphatic carbocycles. The molecule has 0 bridgehead atoms. The van der Waals surface area contributed by atoms with E-state index in [1.807, 2.05) is 17.9 Å². The molecule has 0 fully saturated rings. The third kappa shape index (κ3) is 5.60. The van der Waals surface area contributed by atoms with Crippen molar-refractivity contribution in [2.45, 2.75) is 31.2 Å². The van der Waals surface area contributed by atoms with Crippen LogP contribution >= 0.6 is 11.8 Å². The lowest BCUT2D eigenvalue weighted by molar-refractivity contribution is 0.737. The molecule has 0 unspecified atom stereocenters. The van der Waals surface area contributed by atoms with Gasteiger partial charge in [0.2, 0.25) is 0 Å². The van der Waals surface area contributed by atoms with E-state index in [-0.39, 0.29) is 0 Å². The minimum atomic E-state index is 0.777. The highest BCUT2D eigenvalue weighted by Gasteiger charge is 2.04. The summed E-state index contributed by atoms with van der Waals surface area (Å²) in [6.07, 6.45) is 8.17. The highest BCUT2D eigenvalue weighted by molar-refractivity contribution is 7.98. The van der Waals surface area contributed by atoms with Gasteiger partial charge < -0.3 is 10.6 Å². The Morgan fingerprint density at radius 1 is 1.33 bits per heavy atom. The van der Waals surface area contributed by atoms with Crippen molar-refractivity contribution in [3.63, 3.8) is 0 Å². The van der Waals surface area contributed by atoms with Crippen LogP contribution in [-0.2, 0) is 20.0 Å². The number of benzene rings is 1. The largest absolute Gasteiger partial charge is 0.356 e. The molecule has 0 amide bonds. The summed E-state index contributed by atoms with van der Waals surface area (Å²) < 4.78 is 1.84. The Bertz CT molecular complexity index is 678. The maximum absolute atomic E-state index is 4.30. The number of aromatic nitrogens is 2. The molecule has 0 saturated carbocycles. The average molecular weight is 346 g/mol. The Morgan fingerprint density at radius 2 is 2.17 bits per heavy atom. The van der Waals surface area contributed by atoms with E-state index in [0.717, 1.165) is 31.9 Å². The number of hydrogen-bond donors (Lipinski definition) is 2. The van der Waals surface area contributed by atoms with Gasteiger partial charge in [-0.25, -0.2) is 0 Å². The standard InChI is InChI=1S/C18H27N5S/c1-14-7-8-16(17(10-14)24-4)12-21-18(19-2)20-9-5-6-15-11-22-23(3)13-15/h7-8,10-11,13H,5-6,9,12H2,1-4H3,(H2,19,20,21). The average Bonchev–Trinajstić information content (AvgIpc) is 3.00. The first-order valence-electron chi connectivity index (χ1n) is 8.18. The van der Waals surface area contributed by atoms with Crippen molar-refractivity contribution in [3.8, 4) is 0 Å². The quantitative estimate of drug-likeness (QED) is 0.351. The number of hydrogen-bond acceptors (Lipinski definition) is 3. The van der Waals surface area contributed by atoms with Crippen LogP contribution in [0.25, 0.3) is 0 Å². The van der Waals surface area contributed by atoms with E-state index in [9.17, 15) is 0 Å². The molecule has 2 aromatic rings. The zero-order valence-electron chi connectivity index (χ0n) is 15.0. The second kappa shape index (κ2) is 9.37. The molecule has 2 N–H and O–H groups in total. The van der Waals surface area contributed by atoms with Crippen molar-refractivity contribution in [2.75, 3.05) is 19.8 Å². The van der Waals surface area contributed by atoms with Gasteiger partial charge in [-0.15, -0.1) is 11.8 Å². The Hall–Kier alpha value is -1.95. The number of guanidine groups is 1. The Labute approximate surface area is 148 Å². The molecule has 0 saturated heterocycles. The van der Waals surface area contributed by atoms with Crippen molar-refractivity contribution in [2.24, 2.45) is 12.0 Å². The van der Waals surface area contributed by atoms with Gasteiger partial charge in [-0.3, -0.25) is 9.67 Å². The molecule has 0 spiro atoms. The minimum Gasteiger partial charge on any atom is -0.356 e. The maximum atomic E-state index is 4.30. The molecule has 1 aromatic carbocycles. The number of nitrogens with one attached hydrogen (secondary N) is 2. The molecular weight excluding hydrogens is 318 g/mol. The maximum Gasteiger partial charge on any atom is 0.191 e. The third-order valence-electron chi connectivity index (χ3n) is 3.81. The van der Waals surface area contributed by atoms with E-state index in [1.165, 1.54) is 21.6 Å². The highest BCUT2D eigenvalue weighted by atomic mass is 32.2. The summed E-state index contributed by atoms with van der Waals surface area (Å²) in [5.41, 5.74) is 3.86. The van der Waals surface area contributed by atoms with Crippen molar-refractivity contribution in [3.05, 3.63) is 47.3 Å². The predicted molar refractivity (Wildman–Crippen MR) is 103 cm³/mol. The molecule has 0 radical (unpaired) electrons. The van der Waals surface area contributed by atoms with Crippen LogP contribution in [-0.4, -0.2) is 35.6 Å². The van der Waals surface area contributed by atoms with Crippen molar-refractivity contribution in [1.82, 2.24) is 20.4 Å². The van der Waals surface area contributed by atoms with Gasteiger partial charge in [-0.2, -0.15) is 5.10 Å². The van der Waals surface area contributed by atoms with E-state index in [4.69, 9.17) is 0 Å². The second-order valence-electron chi connectivity index (χ2n) is 5.79. The monoisotopic (exact) mass is 345 g/mol. The van der Waals surface area contributed by atoms with Crippen molar-refractivity contribution >= 4 is 17.7 Å². The summed E-state index contributed by atoms with van der Waals surface area (Å²) >= 11 is 1.78. The Kier molecular flexibility index (Phi) is 7.18. The Balaban J connectivity index is 1.76. The SMILES string of the molecule is CN=C(NCCCc1cnn(C)c1)NCc1ccc(C)cc1SC. The molecule has 0 aliphatic rings. The summed E-state index contributed by atoms with van der Waals surface area (Å²) in [7, 11) is 3.75. The van der Waals surface area contributed by atoms with Crippen LogP contribution < -0.4 is 10.6 Å². The fourth-order valence-electron chi connectivity index (χ4n) is 2.50. The van der Waals surface area contributed by atoms with Gasteiger partial charge in [0.25, 0.3) is 0 Å². The highest BCUT2D eigenvalue weighted by Crippen LogP contribution is 2.21. The van der Waals surface area contributed by atoms with Gasteiger partial charge in [-0.1, -0.05) is 12.1 Å². The van der Waals surface area contributed by atoms with Crippen LogP contribution in [0, 0.1) is 6.92 Å². The van der Waals surface area contributed by atoms with Crippen molar-refractivity contribution < 1.29 is 0 Å². The predicted octanol–water partition coefficient (Wildman–Crippen LogP) is 2.75. The first kappa shape index (κ1) is 18.4. The zero-order chi connectivity index (χ0) is 17.4. The van der Waals surface area contributed by atoms with Gasteiger partial charge >= 0.3 is 0 Å². The number of aryl methyl sites for hydroxylation is 3. The van der Waals surface area contributed by atoms with Gasteiger partial charge in [0, 0.05) is 38.3 Å². The molecule has 1 aromatic heterocycles. The van der Waals surface area contributed by atoms with Crippen molar-refractivity contribution in [1.29, 1.82) is 0 Å². The molecule has 5 nitrogen and oxygen atoms in total. The van der Waals surface area contributed by atoms with Gasteiger partial charge in [0.15, 0.2) is 5.96 Å². The van der Waals surface area contributed by atoms with Gasteiger partial charge in [0.1, 0.15) is 0 Å². The molecule has 0 aliphatic heterocycles. The molecule has 130 valence electrons. The van der Waals surface area contributed by atoms with Gasteiger partial charge in [-0.05, 0) is 48.8 Å². The van der Waals surface area contributed by atoms with Crippen LogP contribution in [0.3, 0.4) is 0 Å². The summed E-state index contributed by atoms with van der Waals surface area (Å²) in [5, 5.41) is 11.0. The number of rotatable bonds is 7. The fraction of sp³-hybridized carbons (Fsp3) is 0.444. The van der Waals surface area contributed by atoms with E-state index >= 15 is 0 Å². The van der Waals surface area contributed by atoms with Crippen LogP contribution in [0.15, 0.2) is 40.5 Å². The molecule has 1 heterocycles. The fourth-order valence-corrected chi connectivity index (χ4v) is 3.20. The van der Waals surface area contributed by atoms with E-state index in [2.05, 4.69) is 58.3 Å². The number of aliphatic imine (C=N–C) groups is 1. The second-order valence-corrected chi connectivity index (χ2v) is 6.64. The Morgan fingerprint density at radius 3 is 2.83 bits per heavy atom. The lowest BCUT2D eigenvalue weighted by Crippen LogP contribution is -2.37. The van der Waals surface area contributed by atoms with E-state index < -0.39 is 0 Å².